The lowest BCUT2D eigenvalue weighted by atomic mass is 9.80. The first-order valence-electron chi connectivity index (χ1n) is 11.3. The summed E-state index contributed by atoms with van der Waals surface area (Å²) < 4.78 is 0. The number of nitrogens with one attached hydrogen (secondary N) is 2. The van der Waals surface area contributed by atoms with E-state index < -0.39 is 0 Å². The molecule has 0 aliphatic carbocycles. The molecule has 0 bridgehead atoms. The topological polar surface area (TPSA) is 116 Å². The first kappa shape index (κ1) is 20.7. The molecule has 1 aromatic carbocycles. The Balaban J connectivity index is 1.44. The van der Waals surface area contributed by atoms with E-state index in [2.05, 4.69) is 32.2 Å². The van der Waals surface area contributed by atoms with Gasteiger partial charge in [0.1, 0.15) is 5.82 Å². The van der Waals surface area contributed by atoms with Crippen LogP contribution in [-0.4, -0.2) is 59.3 Å². The lowest BCUT2D eigenvalue weighted by molar-refractivity contribution is -0.122. The number of H-pyrrole nitrogens is 1. The molecule has 0 radical (unpaired) electrons. The average molecular weight is 435 g/mol. The van der Waals surface area contributed by atoms with Crippen LogP contribution in [0.4, 0.5) is 17.3 Å². The molecule has 9 nitrogen and oxygen atoms in total. The SMILES string of the molecule is CNC(=O)C1CCN(c2n[nH]c3nc(N4CCC(C)(CN)CC4)cnc23)c2ccccc21. The highest BCUT2D eigenvalue weighted by atomic mass is 16.1. The smallest absolute Gasteiger partial charge is 0.227 e. The zero-order valence-electron chi connectivity index (χ0n) is 18.6. The molecular weight excluding hydrogens is 404 g/mol. The second-order valence-corrected chi connectivity index (χ2v) is 9.14. The molecule has 0 spiro atoms. The van der Waals surface area contributed by atoms with Crippen molar-refractivity contribution in [3.63, 3.8) is 0 Å². The summed E-state index contributed by atoms with van der Waals surface area (Å²) >= 11 is 0. The summed E-state index contributed by atoms with van der Waals surface area (Å²) in [5, 5.41) is 10.4. The van der Waals surface area contributed by atoms with E-state index in [0.717, 1.165) is 54.3 Å². The van der Waals surface area contributed by atoms with Crippen molar-refractivity contribution in [3.05, 3.63) is 36.0 Å². The largest absolute Gasteiger partial charge is 0.359 e. The number of aromatic nitrogens is 4. The number of carbonyl (C=O) groups excluding carboxylic acids is 1. The summed E-state index contributed by atoms with van der Waals surface area (Å²) in [5.41, 5.74) is 9.58. The van der Waals surface area contributed by atoms with Crippen LogP contribution in [-0.2, 0) is 4.79 Å². The minimum absolute atomic E-state index is 0.0423. The van der Waals surface area contributed by atoms with Crippen LogP contribution in [0.1, 0.15) is 37.7 Å². The predicted molar refractivity (Wildman–Crippen MR) is 125 cm³/mol. The standard InChI is InChI=1S/C23H30N8O/c1-23(14-24)8-11-30(12-9-23)18-13-26-19-20(27-18)28-29-21(19)31-10-7-16(22(32)25-2)15-5-3-4-6-17(15)31/h3-6,13,16H,7-12,14,24H2,1-2H3,(H,25,32)(H,27,28,29). The molecule has 4 N–H and O–H groups in total. The maximum atomic E-state index is 12.4. The fourth-order valence-electron chi connectivity index (χ4n) is 4.83. The highest BCUT2D eigenvalue weighted by molar-refractivity contribution is 5.91. The van der Waals surface area contributed by atoms with Gasteiger partial charge in [-0.2, -0.15) is 5.10 Å². The molecule has 1 unspecified atom stereocenters. The molecule has 2 aromatic heterocycles. The van der Waals surface area contributed by atoms with Crippen LogP contribution in [0.3, 0.4) is 0 Å². The van der Waals surface area contributed by atoms with Gasteiger partial charge in [0.05, 0.1) is 12.1 Å². The fraction of sp³-hybridized carbons (Fsp3) is 0.478. The molecular formula is C23H30N8O. The average Bonchev–Trinajstić information content (AvgIpc) is 3.26. The number of nitrogens with zero attached hydrogens (tertiary/aromatic N) is 5. The predicted octanol–water partition coefficient (Wildman–Crippen LogP) is 2.29. The highest BCUT2D eigenvalue weighted by Gasteiger charge is 2.33. The van der Waals surface area contributed by atoms with Gasteiger partial charge in [-0.25, -0.2) is 9.97 Å². The second-order valence-electron chi connectivity index (χ2n) is 9.14. The Morgan fingerprint density at radius 2 is 2.06 bits per heavy atom. The molecule has 3 aromatic rings. The van der Waals surface area contributed by atoms with Crippen molar-refractivity contribution in [2.75, 3.05) is 43.0 Å². The first-order chi connectivity index (χ1) is 15.5. The summed E-state index contributed by atoms with van der Waals surface area (Å²) in [4.78, 5) is 26.4. The van der Waals surface area contributed by atoms with Crippen molar-refractivity contribution >= 4 is 34.4 Å². The number of piperidine rings is 1. The molecule has 1 fully saturated rings. The molecule has 9 heteroatoms. The molecule has 1 amide bonds. The highest BCUT2D eigenvalue weighted by Crippen LogP contribution is 2.40. The number of hydrogen-bond donors (Lipinski definition) is 3. The quantitative estimate of drug-likeness (QED) is 0.577. The van der Waals surface area contributed by atoms with Gasteiger partial charge >= 0.3 is 0 Å². The Morgan fingerprint density at radius 3 is 2.81 bits per heavy atom. The maximum absolute atomic E-state index is 12.4. The molecule has 0 saturated carbocycles. The van der Waals surface area contributed by atoms with E-state index in [1.54, 1.807) is 7.05 Å². The minimum atomic E-state index is -0.159. The van der Waals surface area contributed by atoms with E-state index in [1.807, 2.05) is 30.5 Å². The number of fused-ring (bicyclic) bond motifs is 2. The van der Waals surface area contributed by atoms with E-state index in [1.165, 1.54) is 0 Å². The van der Waals surface area contributed by atoms with Crippen LogP contribution < -0.4 is 20.9 Å². The maximum Gasteiger partial charge on any atom is 0.227 e. The van der Waals surface area contributed by atoms with E-state index in [0.29, 0.717) is 25.2 Å². The molecule has 1 atom stereocenters. The molecule has 168 valence electrons. The Hall–Kier alpha value is -3.20. The zero-order chi connectivity index (χ0) is 22.3. The fourth-order valence-corrected chi connectivity index (χ4v) is 4.83. The van der Waals surface area contributed by atoms with E-state index >= 15 is 0 Å². The number of benzene rings is 1. The third kappa shape index (κ3) is 3.46. The minimum Gasteiger partial charge on any atom is -0.359 e. The molecule has 32 heavy (non-hydrogen) atoms. The van der Waals surface area contributed by atoms with Gasteiger partial charge in [0, 0.05) is 32.4 Å². The van der Waals surface area contributed by atoms with E-state index in [4.69, 9.17) is 15.7 Å². The van der Waals surface area contributed by atoms with Gasteiger partial charge in [0.2, 0.25) is 5.91 Å². The Kier molecular flexibility index (Phi) is 5.21. The Morgan fingerprint density at radius 1 is 1.28 bits per heavy atom. The lowest BCUT2D eigenvalue weighted by Gasteiger charge is -2.39. The van der Waals surface area contributed by atoms with Gasteiger partial charge in [-0.1, -0.05) is 25.1 Å². The van der Waals surface area contributed by atoms with Crippen molar-refractivity contribution in [2.24, 2.45) is 11.1 Å². The normalized spacial score (nSPS) is 20.3. The summed E-state index contributed by atoms with van der Waals surface area (Å²) in [6, 6.07) is 8.02. The van der Waals surface area contributed by atoms with Gasteiger partial charge in [-0.3, -0.25) is 9.89 Å². The zero-order valence-corrected chi connectivity index (χ0v) is 18.6. The number of carbonyl (C=O) groups is 1. The van der Waals surface area contributed by atoms with Gasteiger partial charge in [-0.15, -0.1) is 0 Å². The van der Waals surface area contributed by atoms with Crippen LogP contribution in [0.25, 0.3) is 11.2 Å². The number of amides is 1. The third-order valence-electron chi connectivity index (χ3n) is 7.09. The van der Waals surface area contributed by atoms with Crippen molar-refractivity contribution in [1.29, 1.82) is 0 Å². The molecule has 1 saturated heterocycles. The van der Waals surface area contributed by atoms with Crippen LogP contribution in [0.5, 0.6) is 0 Å². The van der Waals surface area contributed by atoms with Crippen molar-refractivity contribution in [2.45, 2.75) is 32.1 Å². The molecule has 2 aliphatic heterocycles. The number of likely N-dealkylation sites (N-methyl/N-ethyl adjacent to an activating group) is 1. The van der Waals surface area contributed by atoms with E-state index in [9.17, 15) is 4.79 Å². The van der Waals surface area contributed by atoms with Crippen LogP contribution in [0.15, 0.2) is 30.5 Å². The molecule has 5 rings (SSSR count). The van der Waals surface area contributed by atoms with Crippen LogP contribution in [0.2, 0.25) is 0 Å². The second kappa shape index (κ2) is 8.05. The lowest BCUT2D eigenvalue weighted by Crippen LogP contribution is -2.42. The van der Waals surface area contributed by atoms with Gasteiger partial charge in [0.15, 0.2) is 17.0 Å². The number of aromatic amines is 1. The van der Waals surface area contributed by atoms with Crippen LogP contribution in [0, 0.1) is 5.41 Å². The number of para-hydroxylation sites is 1. The number of anilines is 3. The number of nitrogens with two attached hydrogens (primary N) is 1. The van der Waals surface area contributed by atoms with Gasteiger partial charge in [-0.05, 0) is 42.9 Å². The van der Waals surface area contributed by atoms with Crippen molar-refractivity contribution in [3.8, 4) is 0 Å². The van der Waals surface area contributed by atoms with E-state index in [-0.39, 0.29) is 17.2 Å². The Bertz CT molecular complexity index is 1130. The van der Waals surface area contributed by atoms with Crippen LogP contribution >= 0.6 is 0 Å². The Labute approximate surface area is 187 Å². The summed E-state index contributed by atoms with van der Waals surface area (Å²) in [6.07, 6.45) is 4.66. The van der Waals surface area contributed by atoms with Crippen molar-refractivity contribution in [1.82, 2.24) is 25.5 Å². The monoisotopic (exact) mass is 434 g/mol. The third-order valence-corrected chi connectivity index (χ3v) is 7.09. The number of hydrogen-bond acceptors (Lipinski definition) is 7. The molecule has 2 aliphatic rings. The first-order valence-corrected chi connectivity index (χ1v) is 11.3. The molecule has 4 heterocycles. The summed E-state index contributed by atoms with van der Waals surface area (Å²) in [6.45, 7) is 5.51. The summed E-state index contributed by atoms with van der Waals surface area (Å²) in [5.74, 6) is 1.50. The summed E-state index contributed by atoms with van der Waals surface area (Å²) in [7, 11) is 1.69. The number of rotatable bonds is 4. The van der Waals surface area contributed by atoms with Gasteiger partial charge < -0.3 is 20.9 Å². The van der Waals surface area contributed by atoms with Gasteiger partial charge in [0.25, 0.3) is 0 Å². The van der Waals surface area contributed by atoms with Crippen molar-refractivity contribution < 1.29 is 4.79 Å².